The second-order valence-corrected chi connectivity index (χ2v) is 4.26. The Bertz CT molecular complexity index is 474. The zero-order chi connectivity index (χ0) is 15.0. The van der Waals surface area contributed by atoms with Crippen LogP contribution in [0.25, 0.3) is 0 Å². The molecule has 20 heavy (non-hydrogen) atoms. The summed E-state index contributed by atoms with van der Waals surface area (Å²) in [6.45, 7) is 2.35. The number of nitrogens with one attached hydrogen (secondary N) is 2. The van der Waals surface area contributed by atoms with Crippen LogP contribution < -0.4 is 15.4 Å². The quantitative estimate of drug-likeness (QED) is 0.668. The number of hydrogen-bond donors (Lipinski definition) is 3. The highest BCUT2D eigenvalue weighted by atomic mass is 16.5. The van der Waals surface area contributed by atoms with E-state index in [1.807, 2.05) is 13.0 Å². The van der Waals surface area contributed by atoms with E-state index in [1.54, 1.807) is 19.2 Å². The number of methoxy groups -OCH3 is 1. The number of anilines is 1. The molecule has 0 aliphatic heterocycles. The molecule has 110 valence electrons. The van der Waals surface area contributed by atoms with E-state index in [0.29, 0.717) is 18.7 Å². The minimum Gasteiger partial charge on any atom is -0.496 e. The molecule has 0 heterocycles. The van der Waals surface area contributed by atoms with E-state index in [2.05, 4.69) is 10.6 Å². The molecule has 0 bridgehead atoms. The van der Waals surface area contributed by atoms with Gasteiger partial charge in [-0.05, 0) is 24.5 Å². The average molecular weight is 280 g/mol. The first-order chi connectivity index (χ1) is 9.56. The van der Waals surface area contributed by atoms with Crippen LogP contribution in [0.3, 0.4) is 0 Å². The van der Waals surface area contributed by atoms with Crippen LogP contribution in [-0.2, 0) is 11.2 Å². The third-order valence-corrected chi connectivity index (χ3v) is 2.78. The topological polar surface area (TPSA) is 87.7 Å². The van der Waals surface area contributed by atoms with Crippen molar-refractivity contribution >= 4 is 17.7 Å². The van der Waals surface area contributed by atoms with Crippen LogP contribution >= 0.6 is 0 Å². The molecule has 0 unspecified atom stereocenters. The minimum atomic E-state index is -0.868. The fourth-order valence-corrected chi connectivity index (χ4v) is 1.73. The van der Waals surface area contributed by atoms with Crippen molar-refractivity contribution in [2.24, 2.45) is 0 Å². The Kier molecular flexibility index (Phi) is 6.36. The number of hydrogen-bond acceptors (Lipinski definition) is 3. The molecule has 0 atom stereocenters. The Morgan fingerprint density at radius 1 is 1.35 bits per heavy atom. The maximum absolute atomic E-state index is 11.6. The number of carboxylic acids is 1. The molecule has 1 rings (SSSR count). The van der Waals surface area contributed by atoms with E-state index in [1.165, 1.54) is 0 Å². The summed E-state index contributed by atoms with van der Waals surface area (Å²) in [5.74, 6) is -0.136. The summed E-state index contributed by atoms with van der Waals surface area (Å²) >= 11 is 0. The summed E-state index contributed by atoms with van der Waals surface area (Å²) < 4.78 is 5.25. The third-order valence-electron chi connectivity index (χ3n) is 2.78. The summed E-state index contributed by atoms with van der Waals surface area (Å²) in [4.78, 5) is 21.9. The van der Waals surface area contributed by atoms with Crippen LogP contribution in [-0.4, -0.2) is 30.8 Å². The molecule has 0 aromatic heterocycles. The number of ether oxygens (including phenoxy) is 1. The van der Waals surface area contributed by atoms with Crippen LogP contribution in [0.2, 0.25) is 0 Å². The van der Waals surface area contributed by atoms with E-state index < -0.39 is 5.97 Å². The molecule has 0 aliphatic rings. The number of carbonyl (C=O) groups is 2. The predicted octanol–water partition coefficient (Wildman–Crippen LogP) is 2.24. The molecule has 0 saturated heterocycles. The van der Waals surface area contributed by atoms with Gasteiger partial charge in [-0.25, -0.2) is 4.79 Å². The molecular weight excluding hydrogens is 260 g/mol. The summed E-state index contributed by atoms with van der Waals surface area (Å²) in [6, 6.07) is 5.11. The molecule has 0 spiro atoms. The van der Waals surface area contributed by atoms with Crippen LogP contribution in [0.5, 0.6) is 5.75 Å². The molecule has 2 amide bonds. The van der Waals surface area contributed by atoms with Crippen molar-refractivity contribution in [3.05, 3.63) is 23.8 Å². The smallest absolute Gasteiger partial charge is 0.319 e. The van der Waals surface area contributed by atoms with Crippen molar-refractivity contribution in [3.8, 4) is 5.75 Å². The Morgan fingerprint density at radius 2 is 2.10 bits per heavy atom. The lowest BCUT2D eigenvalue weighted by molar-refractivity contribution is -0.137. The lowest BCUT2D eigenvalue weighted by Crippen LogP contribution is -2.29. The molecule has 0 aliphatic carbocycles. The van der Waals surface area contributed by atoms with Crippen molar-refractivity contribution in [1.29, 1.82) is 0 Å². The average Bonchev–Trinajstić information content (AvgIpc) is 2.43. The van der Waals surface area contributed by atoms with Gasteiger partial charge in [0.2, 0.25) is 0 Å². The first-order valence-corrected chi connectivity index (χ1v) is 6.50. The number of amides is 2. The van der Waals surface area contributed by atoms with Gasteiger partial charge in [-0.1, -0.05) is 13.0 Å². The van der Waals surface area contributed by atoms with Crippen molar-refractivity contribution in [2.75, 3.05) is 19.0 Å². The number of benzene rings is 1. The second-order valence-electron chi connectivity index (χ2n) is 4.26. The zero-order valence-corrected chi connectivity index (χ0v) is 11.7. The Labute approximate surface area is 118 Å². The van der Waals surface area contributed by atoms with Crippen molar-refractivity contribution < 1.29 is 19.4 Å². The molecule has 6 heteroatoms. The van der Waals surface area contributed by atoms with Crippen molar-refractivity contribution in [3.63, 3.8) is 0 Å². The highest BCUT2D eigenvalue weighted by Gasteiger charge is 2.06. The fourth-order valence-electron chi connectivity index (χ4n) is 1.73. The van der Waals surface area contributed by atoms with E-state index in [4.69, 9.17) is 9.84 Å². The number of aliphatic carboxylic acids is 1. The van der Waals surface area contributed by atoms with Crippen molar-refractivity contribution in [1.82, 2.24) is 5.32 Å². The van der Waals surface area contributed by atoms with Crippen LogP contribution in [0.1, 0.15) is 25.3 Å². The number of aryl methyl sites for hydroxylation is 1. The van der Waals surface area contributed by atoms with Gasteiger partial charge in [-0.3, -0.25) is 4.79 Å². The number of urea groups is 1. The van der Waals surface area contributed by atoms with Gasteiger partial charge in [-0.2, -0.15) is 0 Å². The first kappa shape index (κ1) is 15.8. The summed E-state index contributed by atoms with van der Waals surface area (Å²) in [7, 11) is 1.59. The Balaban J connectivity index is 2.47. The Hall–Kier alpha value is -2.24. The predicted molar refractivity (Wildman–Crippen MR) is 76.3 cm³/mol. The maximum atomic E-state index is 11.6. The third kappa shape index (κ3) is 5.17. The summed E-state index contributed by atoms with van der Waals surface area (Å²) in [5, 5.41) is 13.8. The van der Waals surface area contributed by atoms with Crippen LogP contribution in [0.4, 0.5) is 10.5 Å². The van der Waals surface area contributed by atoms with E-state index in [9.17, 15) is 9.59 Å². The zero-order valence-electron chi connectivity index (χ0n) is 11.7. The van der Waals surface area contributed by atoms with Crippen LogP contribution in [0, 0.1) is 0 Å². The van der Waals surface area contributed by atoms with E-state index in [0.717, 1.165) is 17.7 Å². The molecule has 0 saturated carbocycles. The summed E-state index contributed by atoms with van der Waals surface area (Å²) in [5.41, 5.74) is 1.70. The largest absolute Gasteiger partial charge is 0.496 e. The normalized spacial score (nSPS) is 9.90. The lowest BCUT2D eigenvalue weighted by Gasteiger charge is -2.11. The molecule has 0 fully saturated rings. The van der Waals surface area contributed by atoms with Gasteiger partial charge in [0.05, 0.1) is 7.11 Å². The van der Waals surface area contributed by atoms with Gasteiger partial charge in [0.15, 0.2) is 0 Å². The lowest BCUT2D eigenvalue weighted by atomic mass is 10.1. The summed E-state index contributed by atoms with van der Waals surface area (Å²) in [6.07, 6.45) is 1.30. The second kappa shape index (κ2) is 8.04. The number of rotatable bonds is 7. The maximum Gasteiger partial charge on any atom is 0.319 e. The molecule has 0 radical (unpaired) electrons. The molecular formula is C14H20N2O4. The molecule has 3 N–H and O–H groups in total. The minimum absolute atomic E-state index is 0.0410. The van der Waals surface area contributed by atoms with Crippen molar-refractivity contribution in [2.45, 2.75) is 26.2 Å². The number of carboxylic acid groups (broad SMARTS) is 1. The molecule has 6 nitrogen and oxygen atoms in total. The van der Waals surface area contributed by atoms with Crippen LogP contribution in [0.15, 0.2) is 18.2 Å². The number of carbonyl (C=O) groups excluding carboxylic acids is 1. The van der Waals surface area contributed by atoms with Gasteiger partial charge in [0, 0.05) is 24.7 Å². The standard InChI is InChI=1S/C14H20N2O4/c1-3-10-6-7-11(9-12(10)20-2)16-14(19)15-8-4-5-13(17)18/h6-7,9H,3-5,8H2,1-2H3,(H,17,18)(H2,15,16,19). The monoisotopic (exact) mass is 280 g/mol. The molecule has 1 aromatic carbocycles. The van der Waals surface area contributed by atoms with E-state index >= 15 is 0 Å². The van der Waals surface area contributed by atoms with Gasteiger partial charge in [-0.15, -0.1) is 0 Å². The van der Waals surface area contributed by atoms with Gasteiger partial charge >= 0.3 is 12.0 Å². The Morgan fingerprint density at radius 3 is 2.70 bits per heavy atom. The highest BCUT2D eigenvalue weighted by Crippen LogP contribution is 2.23. The first-order valence-electron chi connectivity index (χ1n) is 6.50. The van der Waals surface area contributed by atoms with Gasteiger partial charge in [0.1, 0.15) is 5.75 Å². The van der Waals surface area contributed by atoms with E-state index in [-0.39, 0.29) is 12.5 Å². The van der Waals surface area contributed by atoms with Gasteiger partial charge in [0.25, 0.3) is 0 Å². The fraction of sp³-hybridized carbons (Fsp3) is 0.429. The SMILES string of the molecule is CCc1ccc(NC(=O)NCCCC(=O)O)cc1OC. The highest BCUT2D eigenvalue weighted by molar-refractivity contribution is 5.89. The molecule has 1 aromatic rings. The van der Waals surface area contributed by atoms with Gasteiger partial charge < -0.3 is 20.5 Å².